The summed E-state index contributed by atoms with van der Waals surface area (Å²) in [7, 11) is 0. The topological polar surface area (TPSA) is 79.3 Å². The lowest BCUT2D eigenvalue weighted by atomic mass is 9.97. The van der Waals surface area contributed by atoms with Crippen LogP contribution in [-0.2, 0) is 9.59 Å². The van der Waals surface area contributed by atoms with Crippen molar-refractivity contribution < 1.29 is 14.7 Å². The number of benzene rings is 1. The summed E-state index contributed by atoms with van der Waals surface area (Å²) < 4.78 is 1.94. The van der Waals surface area contributed by atoms with Crippen LogP contribution in [0.1, 0.15) is 20.3 Å². The van der Waals surface area contributed by atoms with Crippen molar-refractivity contribution in [3.63, 3.8) is 0 Å². The summed E-state index contributed by atoms with van der Waals surface area (Å²) in [6.45, 7) is 4.12. The summed E-state index contributed by atoms with van der Waals surface area (Å²) in [6, 6.07) is 7.84. The number of carboxylic acid groups (broad SMARTS) is 1. The van der Waals surface area contributed by atoms with Gasteiger partial charge >= 0.3 is 5.97 Å². The number of aliphatic carboxylic acids is 1. The van der Waals surface area contributed by atoms with Crippen molar-refractivity contribution in [3.8, 4) is 0 Å². The van der Waals surface area contributed by atoms with Crippen LogP contribution in [0.25, 0.3) is 10.2 Å². The largest absolute Gasteiger partial charge is 0.481 e. The van der Waals surface area contributed by atoms with Gasteiger partial charge < -0.3 is 10.4 Å². The van der Waals surface area contributed by atoms with Gasteiger partial charge in [-0.15, -0.1) is 11.3 Å². The van der Waals surface area contributed by atoms with Gasteiger partial charge in [-0.25, -0.2) is 4.98 Å². The highest BCUT2D eigenvalue weighted by Crippen LogP contribution is 2.29. The predicted molar refractivity (Wildman–Crippen MR) is 93.9 cm³/mol. The van der Waals surface area contributed by atoms with Crippen molar-refractivity contribution in [3.05, 3.63) is 24.3 Å². The first kappa shape index (κ1) is 17.7. The van der Waals surface area contributed by atoms with Crippen LogP contribution in [0.3, 0.4) is 0 Å². The average molecular weight is 352 g/mol. The molecule has 1 heterocycles. The minimum Gasteiger partial charge on any atom is -0.481 e. The second-order valence-corrected chi connectivity index (χ2v) is 7.96. The van der Waals surface area contributed by atoms with Gasteiger partial charge in [0.25, 0.3) is 0 Å². The molecule has 1 unspecified atom stereocenters. The maximum absolute atomic E-state index is 11.9. The normalized spacial score (nSPS) is 12.5. The molecule has 0 aliphatic heterocycles. The molecule has 0 aliphatic rings. The van der Waals surface area contributed by atoms with Crippen molar-refractivity contribution >= 4 is 45.2 Å². The summed E-state index contributed by atoms with van der Waals surface area (Å²) in [5.41, 5.74) is 0.934. The highest BCUT2D eigenvalue weighted by molar-refractivity contribution is 8.01. The summed E-state index contributed by atoms with van der Waals surface area (Å²) in [6.07, 6.45) is 0.556. The van der Waals surface area contributed by atoms with Gasteiger partial charge in [-0.3, -0.25) is 9.59 Å². The maximum atomic E-state index is 11.9. The van der Waals surface area contributed by atoms with Crippen LogP contribution in [0.5, 0.6) is 0 Å². The number of amides is 1. The van der Waals surface area contributed by atoms with Crippen molar-refractivity contribution in [2.45, 2.75) is 24.6 Å². The summed E-state index contributed by atoms with van der Waals surface area (Å²) >= 11 is 2.93. The number of thioether (sulfide) groups is 1. The quantitative estimate of drug-likeness (QED) is 0.713. The minimum atomic E-state index is -0.863. The molecule has 1 atom stereocenters. The number of aromatic nitrogens is 1. The maximum Gasteiger partial charge on any atom is 0.308 e. The molecular weight excluding hydrogens is 332 g/mol. The first-order valence-electron chi connectivity index (χ1n) is 7.43. The van der Waals surface area contributed by atoms with Gasteiger partial charge in [0.2, 0.25) is 5.91 Å². The molecule has 1 aromatic heterocycles. The van der Waals surface area contributed by atoms with Crippen LogP contribution >= 0.6 is 23.1 Å². The Hall–Kier alpha value is -1.60. The van der Waals surface area contributed by atoms with E-state index < -0.39 is 11.9 Å². The van der Waals surface area contributed by atoms with E-state index in [1.165, 1.54) is 11.8 Å². The standard InChI is InChI=1S/C16H20N2O3S2/c1-10(2)7-11(15(20)21)8-17-14(19)9-22-16-18-12-5-3-4-6-13(12)23-16/h3-6,10-11H,7-9H2,1-2H3,(H,17,19)(H,20,21). The lowest BCUT2D eigenvalue weighted by Gasteiger charge is -2.15. The van der Waals surface area contributed by atoms with E-state index in [-0.39, 0.29) is 24.1 Å². The van der Waals surface area contributed by atoms with Crippen LogP contribution < -0.4 is 5.32 Å². The smallest absolute Gasteiger partial charge is 0.308 e. The molecule has 0 saturated carbocycles. The number of carbonyl (C=O) groups is 2. The first-order valence-corrected chi connectivity index (χ1v) is 9.23. The van der Waals surface area contributed by atoms with E-state index in [9.17, 15) is 9.59 Å². The average Bonchev–Trinajstić information content (AvgIpc) is 2.91. The Labute approximate surface area is 143 Å². The number of nitrogens with zero attached hydrogens (tertiary/aromatic N) is 1. The van der Waals surface area contributed by atoms with Gasteiger partial charge in [-0.2, -0.15) is 0 Å². The third-order valence-corrected chi connectivity index (χ3v) is 5.43. The molecule has 0 aliphatic carbocycles. The van der Waals surface area contributed by atoms with E-state index in [0.717, 1.165) is 14.6 Å². The van der Waals surface area contributed by atoms with Gasteiger partial charge in [-0.05, 0) is 24.5 Å². The zero-order chi connectivity index (χ0) is 16.8. The van der Waals surface area contributed by atoms with Crippen molar-refractivity contribution in [2.75, 3.05) is 12.3 Å². The molecule has 0 fully saturated rings. The lowest BCUT2D eigenvalue weighted by molar-refractivity contribution is -0.142. The molecular formula is C16H20N2O3S2. The molecule has 5 nitrogen and oxygen atoms in total. The molecule has 0 radical (unpaired) electrons. The highest BCUT2D eigenvalue weighted by Gasteiger charge is 2.19. The van der Waals surface area contributed by atoms with Gasteiger partial charge in [0.15, 0.2) is 4.34 Å². The number of hydrogen-bond donors (Lipinski definition) is 2. The van der Waals surface area contributed by atoms with E-state index in [1.807, 2.05) is 38.1 Å². The zero-order valence-electron chi connectivity index (χ0n) is 13.1. The third kappa shape index (κ3) is 5.51. The molecule has 0 bridgehead atoms. The summed E-state index contributed by atoms with van der Waals surface area (Å²) in [4.78, 5) is 27.5. The minimum absolute atomic E-state index is 0.163. The number of hydrogen-bond acceptors (Lipinski definition) is 5. The Kier molecular flexibility index (Phi) is 6.41. The molecule has 7 heteroatoms. The third-order valence-electron chi connectivity index (χ3n) is 3.25. The molecule has 2 aromatic rings. The lowest BCUT2D eigenvalue weighted by Crippen LogP contribution is -2.34. The fourth-order valence-corrected chi connectivity index (χ4v) is 4.07. The van der Waals surface area contributed by atoms with Crippen LogP contribution in [-0.4, -0.2) is 34.3 Å². The van der Waals surface area contributed by atoms with Crippen molar-refractivity contribution in [1.29, 1.82) is 0 Å². The molecule has 1 amide bonds. The molecule has 23 heavy (non-hydrogen) atoms. The fourth-order valence-electron chi connectivity index (χ4n) is 2.17. The van der Waals surface area contributed by atoms with Gasteiger partial charge in [0, 0.05) is 6.54 Å². The van der Waals surface area contributed by atoms with Crippen LogP contribution in [0.2, 0.25) is 0 Å². The first-order chi connectivity index (χ1) is 11.0. The number of carboxylic acids is 1. The number of thiazole rings is 1. The van der Waals surface area contributed by atoms with Crippen LogP contribution in [0.4, 0.5) is 0 Å². The molecule has 1 aromatic carbocycles. The Bertz CT molecular complexity index is 652. The second kappa shape index (κ2) is 8.31. The fraction of sp³-hybridized carbons (Fsp3) is 0.438. The number of rotatable bonds is 8. The number of fused-ring (bicyclic) bond motifs is 1. The number of nitrogens with one attached hydrogen (secondary N) is 1. The van der Waals surface area contributed by atoms with Crippen LogP contribution in [0, 0.1) is 11.8 Å². The zero-order valence-corrected chi connectivity index (χ0v) is 14.7. The van der Waals surface area contributed by atoms with Gasteiger partial charge in [0.1, 0.15) is 0 Å². The molecule has 2 N–H and O–H groups in total. The molecule has 0 spiro atoms. The van der Waals surface area contributed by atoms with Gasteiger partial charge in [-0.1, -0.05) is 37.7 Å². The monoisotopic (exact) mass is 352 g/mol. The molecule has 124 valence electrons. The molecule has 0 saturated heterocycles. The summed E-state index contributed by atoms with van der Waals surface area (Å²) in [5, 5.41) is 11.9. The van der Waals surface area contributed by atoms with Crippen molar-refractivity contribution in [2.24, 2.45) is 11.8 Å². The van der Waals surface area contributed by atoms with E-state index in [1.54, 1.807) is 11.3 Å². The second-order valence-electron chi connectivity index (χ2n) is 5.70. The Morgan fingerprint density at radius 1 is 1.35 bits per heavy atom. The van der Waals surface area contributed by atoms with E-state index in [2.05, 4.69) is 10.3 Å². The number of carbonyl (C=O) groups excluding carboxylic acids is 1. The van der Waals surface area contributed by atoms with E-state index >= 15 is 0 Å². The predicted octanol–water partition coefficient (Wildman–Crippen LogP) is 3.25. The van der Waals surface area contributed by atoms with Crippen molar-refractivity contribution in [1.82, 2.24) is 10.3 Å². The number of para-hydroxylation sites is 1. The SMILES string of the molecule is CC(C)CC(CNC(=O)CSc1nc2ccccc2s1)C(=O)O. The summed E-state index contributed by atoms with van der Waals surface area (Å²) in [5.74, 6) is -1.04. The van der Waals surface area contributed by atoms with Gasteiger partial charge in [0.05, 0.1) is 21.9 Å². The Morgan fingerprint density at radius 3 is 2.74 bits per heavy atom. The highest BCUT2D eigenvalue weighted by atomic mass is 32.2. The Balaban J connectivity index is 1.81. The van der Waals surface area contributed by atoms with Crippen LogP contribution in [0.15, 0.2) is 28.6 Å². The van der Waals surface area contributed by atoms with E-state index in [4.69, 9.17) is 5.11 Å². The Morgan fingerprint density at radius 2 is 2.09 bits per heavy atom. The van der Waals surface area contributed by atoms with E-state index in [0.29, 0.717) is 6.42 Å². The molecule has 2 rings (SSSR count).